The fourth-order valence-corrected chi connectivity index (χ4v) is 1.77. The van der Waals surface area contributed by atoms with Crippen LogP contribution in [0.2, 0.25) is 0 Å². The average molecular weight is 251 g/mol. The molecule has 1 fully saturated rings. The van der Waals surface area contributed by atoms with Crippen molar-refractivity contribution in [2.45, 2.75) is 51.8 Å². The molecule has 0 saturated carbocycles. The molecule has 4 nitrogen and oxygen atoms in total. The molecule has 5 heteroatoms. The van der Waals surface area contributed by atoms with Crippen LogP contribution in [0, 0.1) is 0 Å². The van der Waals surface area contributed by atoms with Crippen LogP contribution in [-0.2, 0) is 9.53 Å². The highest BCUT2D eigenvalue weighted by Crippen LogP contribution is 2.07. The highest BCUT2D eigenvalue weighted by Gasteiger charge is 2.19. The first kappa shape index (κ1) is 15.7. The van der Waals surface area contributed by atoms with Crippen molar-refractivity contribution < 1.29 is 9.53 Å². The third kappa shape index (κ3) is 6.30. The predicted octanol–water partition coefficient (Wildman–Crippen LogP) is 1.09. The van der Waals surface area contributed by atoms with E-state index >= 15 is 0 Å². The Hall–Kier alpha value is -0.320. The normalized spacial score (nSPS) is 25.0. The van der Waals surface area contributed by atoms with E-state index in [2.05, 4.69) is 17.6 Å². The van der Waals surface area contributed by atoms with Crippen LogP contribution in [0.15, 0.2) is 0 Å². The molecule has 96 valence electrons. The molecule has 2 unspecified atom stereocenters. The van der Waals surface area contributed by atoms with E-state index in [-0.39, 0.29) is 31.0 Å². The smallest absolute Gasteiger partial charge is 0.246 e. The van der Waals surface area contributed by atoms with Gasteiger partial charge in [0.1, 0.15) is 6.61 Å². The van der Waals surface area contributed by atoms with Crippen LogP contribution >= 0.6 is 12.4 Å². The number of nitrogens with one attached hydrogen (secondary N) is 2. The summed E-state index contributed by atoms with van der Waals surface area (Å²) in [6.45, 7) is 7.16. The standard InChI is InChI=1S/C11H22N2O2.ClH/c1-8(2)15-7-11(14)13-10-4-5-12-9(3)6-10;/h8-10,12H,4-7H2,1-3H3,(H,13,14);1H. The first-order valence-corrected chi connectivity index (χ1v) is 5.72. The number of hydrogen-bond acceptors (Lipinski definition) is 3. The van der Waals surface area contributed by atoms with Gasteiger partial charge in [-0.25, -0.2) is 0 Å². The zero-order valence-electron chi connectivity index (χ0n) is 10.3. The fraction of sp³-hybridized carbons (Fsp3) is 0.909. The molecule has 1 saturated heterocycles. The lowest BCUT2D eigenvalue weighted by Crippen LogP contribution is -2.47. The summed E-state index contributed by atoms with van der Waals surface area (Å²) in [6.07, 6.45) is 2.13. The van der Waals surface area contributed by atoms with E-state index in [0.717, 1.165) is 19.4 Å². The van der Waals surface area contributed by atoms with Crippen molar-refractivity contribution in [3.8, 4) is 0 Å². The molecule has 0 aromatic carbocycles. The van der Waals surface area contributed by atoms with Gasteiger partial charge in [-0.3, -0.25) is 4.79 Å². The molecule has 1 rings (SSSR count). The van der Waals surface area contributed by atoms with Gasteiger partial charge in [-0.05, 0) is 40.2 Å². The van der Waals surface area contributed by atoms with Gasteiger partial charge < -0.3 is 15.4 Å². The van der Waals surface area contributed by atoms with Crippen molar-refractivity contribution in [2.24, 2.45) is 0 Å². The van der Waals surface area contributed by atoms with Crippen molar-refractivity contribution in [1.29, 1.82) is 0 Å². The van der Waals surface area contributed by atoms with Crippen LogP contribution in [0.5, 0.6) is 0 Å². The van der Waals surface area contributed by atoms with Gasteiger partial charge in [-0.1, -0.05) is 0 Å². The van der Waals surface area contributed by atoms with Crippen LogP contribution in [0.25, 0.3) is 0 Å². The second-order valence-corrected chi connectivity index (χ2v) is 4.50. The quantitative estimate of drug-likeness (QED) is 0.786. The van der Waals surface area contributed by atoms with Gasteiger partial charge in [0, 0.05) is 12.1 Å². The minimum absolute atomic E-state index is 0. The Kier molecular flexibility index (Phi) is 7.72. The predicted molar refractivity (Wildman–Crippen MR) is 67.0 cm³/mol. The number of ether oxygens (including phenoxy) is 1. The number of rotatable bonds is 4. The molecule has 2 N–H and O–H groups in total. The van der Waals surface area contributed by atoms with Crippen molar-refractivity contribution >= 4 is 18.3 Å². The molecular formula is C11H23ClN2O2. The third-order valence-electron chi connectivity index (χ3n) is 2.54. The second kappa shape index (κ2) is 7.87. The highest BCUT2D eigenvalue weighted by molar-refractivity contribution is 5.85. The SMILES string of the molecule is CC1CC(NC(=O)COC(C)C)CCN1.Cl. The minimum Gasteiger partial charge on any atom is -0.369 e. The molecule has 1 aliphatic rings. The fourth-order valence-electron chi connectivity index (χ4n) is 1.77. The Balaban J connectivity index is 0.00000225. The van der Waals surface area contributed by atoms with Gasteiger partial charge in [0.2, 0.25) is 5.91 Å². The van der Waals surface area contributed by atoms with Gasteiger partial charge in [-0.2, -0.15) is 0 Å². The Labute approximate surface area is 104 Å². The summed E-state index contributed by atoms with van der Waals surface area (Å²) in [6, 6.07) is 0.805. The number of amides is 1. The average Bonchev–Trinajstić information content (AvgIpc) is 2.15. The zero-order chi connectivity index (χ0) is 11.3. The van der Waals surface area contributed by atoms with E-state index in [0.29, 0.717) is 12.1 Å². The Morgan fingerprint density at radius 2 is 2.25 bits per heavy atom. The number of hydrogen-bond donors (Lipinski definition) is 2. The molecule has 0 spiro atoms. The van der Waals surface area contributed by atoms with Gasteiger partial charge >= 0.3 is 0 Å². The monoisotopic (exact) mass is 250 g/mol. The largest absolute Gasteiger partial charge is 0.369 e. The lowest BCUT2D eigenvalue weighted by Gasteiger charge is -2.28. The molecule has 2 atom stereocenters. The molecule has 0 aromatic rings. The first-order chi connectivity index (χ1) is 7.08. The zero-order valence-corrected chi connectivity index (χ0v) is 11.1. The van der Waals surface area contributed by atoms with Gasteiger partial charge in [0.05, 0.1) is 6.10 Å². The number of piperidine rings is 1. The minimum atomic E-state index is 0. The van der Waals surface area contributed by atoms with E-state index in [1.54, 1.807) is 0 Å². The molecule has 1 aliphatic heterocycles. The Morgan fingerprint density at radius 1 is 1.56 bits per heavy atom. The lowest BCUT2D eigenvalue weighted by molar-refractivity contribution is -0.128. The second-order valence-electron chi connectivity index (χ2n) is 4.50. The van der Waals surface area contributed by atoms with E-state index in [4.69, 9.17) is 4.74 Å². The molecule has 1 heterocycles. The van der Waals surface area contributed by atoms with Crippen molar-refractivity contribution in [1.82, 2.24) is 10.6 Å². The van der Waals surface area contributed by atoms with Crippen LogP contribution in [0.1, 0.15) is 33.6 Å². The number of carbonyl (C=O) groups excluding carboxylic acids is 1. The topological polar surface area (TPSA) is 50.4 Å². The van der Waals surface area contributed by atoms with Crippen molar-refractivity contribution in [2.75, 3.05) is 13.2 Å². The maximum Gasteiger partial charge on any atom is 0.246 e. The summed E-state index contributed by atoms with van der Waals surface area (Å²) >= 11 is 0. The maximum atomic E-state index is 11.5. The summed E-state index contributed by atoms with van der Waals surface area (Å²) in [5.74, 6) is 0.00259. The van der Waals surface area contributed by atoms with Gasteiger partial charge in [0.25, 0.3) is 0 Å². The van der Waals surface area contributed by atoms with Crippen LogP contribution in [0.4, 0.5) is 0 Å². The summed E-state index contributed by atoms with van der Waals surface area (Å²) in [7, 11) is 0. The van der Waals surface area contributed by atoms with Crippen LogP contribution < -0.4 is 10.6 Å². The highest BCUT2D eigenvalue weighted by atomic mass is 35.5. The van der Waals surface area contributed by atoms with E-state index in [9.17, 15) is 4.79 Å². The summed E-state index contributed by atoms with van der Waals surface area (Å²) in [5, 5.41) is 6.35. The number of halogens is 1. The van der Waals surface area contributed by atoms with Crippen molar-refractivity contribution in [3.63, 3.8) is 0 Å². The summed E-state index contributed by atoms with van der Waals surface area (Å²) < 4.78 is 5.24. The molecule has 0 bridgehead atoms. The molecule has 16 heavy (non-hydrogen) atoms. The summed E-state index contributed by atoms with van der Waals surface area (Å²) in [4.78, 5) is 11.5. The van der Waals surface area contributed by atoms with E-state index in [1.165, 1.54) is 0 Å². The molecule has 0 radical (unpaired) electrons. The molecule has 0 aromatic heterocycles. The van der Waals surface area contributed by atoms with Crippen molar-refractivity contribution in [3.05, 3.63) is 0 Å². The first-order valence-electron chi connectivity index (χ1n) is 5.72. The maximum absolute atomic E-state index is 11.5. The number of carbonyl (C=O) groups is 1. The van der Waals surface area contributed by atoms with Gasteiger partial charge in [0.15, 0.2) is 0 Å². The van der Waals surface area contributed by atoms with Crippen LogP contribution in [-0.4, -0.2) is 37.2 Å². The Bertz CT molecular complexity index is 212. The van der Waals surface area contributed by atoms with E-state index < -0.39 is 0 Å². The molecule has 1 amide bonds. The third-order valence-corrected chi connectivity index (χ3v) is 2.54. The molecule has 0 aliphatic carbocycles. The Morgan fingerprint density at radius 3 is 2.81 bits per heavy atom. The van der Waals surface area contributed by atoms with E-state index in [1.807, 2.05) is 13.8 Å². The summed E-state index contributed by atoms with van der Waals surface area (Å²) in [5.41, 5.74) is 0. The lowest BCUT2D eigenvalue weighted by atomic mass is 10.0. The molecular weight excluding hydrogens is 228 g/mol. The van der Waals surface area contributed by atoms with Crippen LogP contribution in [0.3, 0.4) is 0 Å². The van der Waals surface area contributed by atoms with Gasteiger partial charge in [-0.15, -0.1) is 12.4 Å².